The number of rotatable bonds is 6. The molecule has 0 saturated heterocycles. The van der Waals surface area contributed by atoms with Gasteiger partial charge in [-0.15, -0.1) is 5.10 Å². The highest BCUT2D eigenvalue weighted by molar-refractivity contribution is 5.58. The van der Waals surface area contributed by atoms with Gasteiger partial charge in [-0.3, -0.25) is 0 Å². The van der Waals surface area contributed by atoms with Crippen LogP contribution in [0.5, 0.6) is 5.75 Å². The van der Waals surface area contributed by atoms with Crippen molar-refractivity contribution in [3.8, 4) is 11.4 Å². The van der Waals surface area contributed by atoms with Crippen LogP contribution in [-0.2, 0) is 5.54 Å². The molecule has 0 amide bonds. The lowest BCUT2D eigenvalue weighted by Gasteiger charge is -2.30. The first-order valence-electron chi connectivity index (χ1n) is 8.77. The van der Waals surface area contributed by atoms with Crippen molar-refractivity contribution in [2.75, 3.05) is 12.4 Å². The second-order valence-corrected chi connectivity index (χ2v) is 6.67. The van der Waals surface area contributed by atoms with Gasteiger partial charge in [-0.2, -0.15) is 4.68 Å². The monoisotopic (exact) mass is 351 g/mol. The lowest BCUT2D eigenvalue weighted by molar-refractivity contribution is 0.411. The van der Waals surface area contributed by atoms with Crippen LogP contribution in [0.3, 0.4) is 0 Å². The molecule has 1 unspecified atom stereocenters. The van der Waals surface area contributed by atoms with Crippen LogP contribution < -0.4 is 10.1 Å². The Morgan fingerprint density at radius 3 is 2.42 bits per heavy atom. The average Bonchev–Trinajstić information content (AvgIpc) is 3.12. The summed E-state index contributed by atoms with van der Waals surface area (Å²) in [6, 6.07) is 14.1. The number of ether oxygens (including phenoxy) is 1. The second kappa shape index (κ2) is 7.15. The SMILES string of the molecule is CCC(C)(Nc1ccccc1OC)c1nnnn1-c1c(C)cccc1C. The maximum atomic E-state index is 5.49. The number of anilines is 1. The van der Waals surface area contributed by atoms with Crippen molar-refractivity contribution in [3.63, 3.8) is 0 Å². The Morgan fingerprint density at radius 2 is 1.77 bits per heavy atom. The minimum Gasteiger partial charge on any atom is -0.495 e. The van der Waals surface area contributed by atoms with Crippen LogP contribution in [0.1, 0.15) is 37.2 Å². The first-order valence-corrected chi connectivity index (χ1v) is 8.77. The molecule has 2 aromatic carbocycles. The molecule has 6 heteroatoms. The third kappa shape index (κ3) is 3.14. The molecule has 1 N–H and O–H groups in total. The standard InChI is InChI=1S/C20H25N5O/c1-6-20(4,21-16-12-7-8-13-17(16)26-5)19-22-23-24-25(19)18-14(2)10-9-11-15(18)3/h7-13,21H,6H2,1-5H3. The van der Waals surface area contributed by atoms with E-state index < -0.39 is 5.54 Å². The van der Waals surface area contributed by atoms with E-state index in [4.69, 9.17) is 4.74 Å². The van der Waals surface area contributed by atoms with Crippen molar-refractivity contribution in [2.45, 2.75) is 39.7 Å². The Kier molecular flexibility index (Phi) is 4.93. The third-order valence-electron chi connectivity index (χ3n) is 4.84. The van der Waals surface area contributed by atoms with Crippen molar-refractivity contribution >= 4 is 5.69 Å². The Labute approximate surface area is 154 Å². The van der Waals surface area contributed by atoms with Crippen molar-refractivity contribution < 1.29 is 4.74 Å². The highest BCUT2D eigenvalue weighted by Gasteiger charge is 2.33. The highest BCUT2D eigenvalue weighted by Crippen LogP contribution is 2.34. The van der Waals surface area contributed by atoms with Gasteiger partial charge in [0.2, 0.25) is 0 Å². The van der Waals surface area contributed by atoms with E-state index in [1.165, 1.54) is 0 Å². The summed E-state index contributed by atoms with van der Waals surface area (Å²) in [5, 5.41) is 16.2. The highest BCUT2D eigenvalue weighted by atomic mass is 16.5. The Morgan fingerprint density at radius 1 is 1.08 bits per heavy atom. The molecule has 0 spiro atoms. The maximum Gasteiger partial charge on any atom is 0.181 e. The van der Waals surface area contributed by atoms with Crippen molar-refractivity contribution in [1.82, 2.24) is 20.2 Å². The first-order chi connectivity index (χ1) is 12.5. The lowest BCUT2D eigenvalue weighted by atomic mass is 9.96. The van der Waals surface area contributed by atoms with Gasteiger partial charge in [-0.05, 0) is 60.9 Å². The molecule has 0 fully saturated rings. The lowest BCUT2D eigenvalue weighted by Crippen LogP contribution is -2.35. The Balaban J connectivity index is 2.08. The molecule has 0 aliphatic rings. The van der Waals surface area contributed by atoms with Crippen LogP contribution in [0.25, 0.3) is 5.69 Å². The van der Waals surface area contributed by atoms with Gasteiger partial charge in [-0.25, -0.2) is 0 Å². The summed E-state index contributed by atoms with van der Waals surface area (Å²) in [5.74, 6) is 1.56. The number of tetrazole rings is 1. The van der Waals surface area contributed by atoms with E-state index in [1.807, 2.05) is 35.0 Å². The molecular weight excluding hydrogens is 326 g/mol. The van der Waals surface area contributed by atoms with Gasteiger partial charge in [0, 0.05) is 0 Å². The summed E-state index contributed by atoms with van der Waals surface area (Å²) in [6.07, 6.45) is 0.802. The van der Waals surface area contributed by atoms with Crippen molar-refractivity contribution in [1.29, 1.82) is 0 Å². The van der Waals surface area contributed by atoms with E-state index >= 15 is 0 Å². The van der Waals surface area contributed by atoms with Crippen molar-refractivity contribution in [2.24, 2.45) is 0 Å². The number of aromatic nitrogens is 4. The average molecular weight is 351 g/mol. The zero-order chi connectivity index (χ0) is 18.7. The van der Waals surface area contributed by atoms with E-state index in [2.05, 4.69) is 60.7 Å². The minimum absolute atomic E-state index is 0.465. The molecule has 1 atom stereocenters. The molecule has 3 rings (SSSR count). The normalized spacial score (nSPS) is 13.3. The molecule has 1 heterocycles. The number of benzene rings is 2. The fraction of sp³-hybridized carbons (Fsp3) is 0.350. The Bertz CT molecular complexity index is 884. The first kappa shape index (κ1) is 17.9. The molecular formula is C20H25N5O. The van der Waals surface area contributed by atoms with Crippen LogP contribution in [0.15, 0.2) is 42.5 Å². The summed E-state index contributed by atoms with van der Waals surface area (Å²) in [4.78, 5) is 0. The van der Waals surface area contributed by atoms with E-state index in [9.17, 15) is 0 Å². The Hall–Kier alpha value is -2.89. The van der Waals surface area contributed by atoms with Gasteiger partial charge in [-0.1, -0.05) is 37.3 Å². The molecule has 3 aromatic rings. The van der Waals surface area contributed by atoms with Crippen LogP contribution in [0.2, 0.25) is 0 Å². The summed E-state index contributed by atoms with van der Waals surface area (Å²) in [7, 11) is 1.67. The van der Waals surface area contributed by atoms with Crippen LogP contribution in [0, 0.1) is 13.8 Å². The van der Waals surface area contributed by atoms with Gasteiger partial charge in [0.1, 0.15) is 5.75 Å². The summed E-state index contributed by atoms with van der Waals surface area (Å²) in [6.45, 7) is 8.37. The van der Waals surface area contributed by atoms with Crippen LogP contribution >= 0.6 is 0 Å². The fourth-order valence-corrected chi connectivity index (χ4v) is 3.17. The van der Waals surface area contributed by atoms with E-state index in [0.717, 1.165) is 40.5 Å². The number of hydrogen-bond acceptors (Lipinski definition) is 5. The molecule has 136 valence electrons. The molecule has 0 aliphatic heterocycles. The predicted octanol–water partition coefficient (Wildman–Crippen LogP) is 4.03. The minimum atomic E-state index is -0.465. The van der Waals surface area contributed by atoms with Gasteiger partial charge < -0.3 is 10.1 Å². The summed E-state index contributed by atoms with van der Waals surface area (Å²) < 4.78 is 7.33. The van der Waals surface area contributed by atoms with Gasteiger partial charge in [0.15, 0.2) is 5.82 Å². The number of nitrogens with zero attached hydrogens (tertiary/aromatic N) is 4. The molecule has 0 saturated carbocycles. The van der Waals surface area contributed by atoms with Gasteiger partial charge in [0.25, 0.3) is 0 Å². The molecule has 26 heavy (non-hydrogen) atoms. The number of nitrogens with one attached hydrogen (secondary N) is 1. The smallest absolute Gasteiger partial charge is 0.181 e. The van der Waals surface area contributed by atoms with E-state index in [0.29, 0.717) is 0 Å². The number of aryl methyl sites for hydroxylation is 2. The van der Waals surface area contributed by atoms with E-state index in [-0.39, 0.29) is 0 Å². The van der Waals surface area contributed by atoms with Crippen LogP contribution in [0.4, 0.5) is 5.69 Å². The summed E-state index contributed by atoms with van der Waals surface area (Å²) >= 11 is 0. The van der Waals surface area contributed by atoms with Crippen LogP contribution in [-0.4, -0.2) is 27.3 Å². The molecule has 0 aliphatic carbocycles. The predicted molar refractivity (Wildman–Crippen MR) is 103 cm³/mol. The van der Waals surface area contributed by atoms with E-state index in [1.54, 1.807) is 7.11 Å². The number of methoxy groups -OCH3 is 1. The second-order valence-electron chi connectivity index (χ2n) is 6.67. The molecule has 6 nitrogen and oxygen atoms in total. The largest absolute Gasteiger partial charge is 0.495 e. The quantitative estimate of drug-likeness (QED) is 0.726. The molecule has 0 radical (unpaired) electrons. The topological polar surface area (TPSA) is 64.9 Å². The zero-order valence-corrected chi connectivity index (χ0v) is 15.9. The zero-order valence-electron chi connectivity index (χ0n) is 15.9. The molecule has 1 aromatic heterocycles. The maximum absolute atomic E-state index is 5.49. The number of para-hydroxylation sites is 3. The fourth-order valence-electron chi connectivity index (χ4n) is 3.17. The van der Waals surface area contributed by atoms with Gasteiger partial charge in [0.05, 0.1) is 24.0 Å². The number of hydrogen-bond donors (Lipinski definition) is 1. The summed E-state index contributed by atoms with van der Waals surface area (Å²) in [5.41, 5.74) is 3.74. The van der Waals surface area contributed by atoms with Crippen molar-refractivity contribution in [3.05, 3.63) is 59.4 Å². The molecule has 0 bridgehead atoms. The third-order valence-corrected chi connectivity index (χ3v) is 4.84. The van der Waals surface area contributed by atoms with Gasteiger partial charge >= 0.3 is 0 Å².